The van der Waals surface area contributed by atoms with Gasteiger partial charge in [0, 0.05) is 6.42 Å². The first-order valence-corrected chi connectivity index (χ1v) is 4.18. The second kappa shape index (κ2) is 3.91. The Morgan fingerprint density at radius 3 is 3.00 bits per heavy atom. The maximum absolute atomic E-state index is 13.4. The molecule has 0 N–H and O–H groups in total. The molecule has 0 aromatic rings. The van der Waals surface area contributed by atoms with Crippen LogP contribution >= 0.6 is 0 Å². The van der Waals surface area contributed by atoms with E-state index in [4.69, 9.17) is 7.11 Å². The van der Waals surface area contributed by atoms with E-state index in [-0.39, 0.29) is 6.10 Å². The van der Waals surface area contributed by atoms with Gasteiger partial charge in [0.2, 0.25) is 0 Å². The first kappa shape index (κ1) is 9.54. The second-order valence-electron chi connectivity index (χ2n) is 3.33. The summed E-state index contributed by atoms with van der Waals surface area (Å²) in [5.41, 5.74) is -1.36. The van der Waals surface area contributed by atoms with Gasteiger partial charge in [-0.15, -0.1) is 0 Å². The molecule has 0 aromatic heterocycles. The van der Waals surface area contributed by atoms with Crippen LogP contribution in [0.4, 0.5) is 4.39 Å². The van der Waals surface area contributed by atoms with Gasteiger partial charge in [-0.3, -0.25) is 0 Å². The van der Waals surface area contributed by atoms with Crippen molar-refractivity contribution < 1.29 is 9.13 Å². The molecule has 0 bridgehead atoms. The van der Waals surface area contributed by atoms with Gasteiger partial charge < -0.3 is 4.74 Å². The predicted molar refractivity (Wildman–Crippen MR) is 44.9 cm³/mol. The summed E-state index contributed by atoms with van der Waals surface area (Å²) in [6.45, 7) is 1.50. The van der Waals surface area contributed by atoms with E-state index in [9.17, 15) is 4.39 Å². The number of rotatable bonds is 1. The van der Waals surface area contributed by atoms with Gasteiger partial charge in [-0.1, -0.05) is 11.8 Å². The van der Waals surface area contributed by atoms with Crippen LogP contribution in [0, 0.1) is 19.0 Å². The van der Waals surface area contributed by atoms with Crippen LogP contribution in [0.1, 0.15) is 32.6 Å². The number of hydrogen-bond donors (Lipinski definition) is 0. The molecule has 2 radical (unpaired) electrons. The minimum absolute atomic E-state index is 0.0327. The number of alkyl halides is 1. The van der Waals surface area contributed by atoms with Crippen molar-refractivity contribution in [1.29, 1.82) is 0 Å². The van der Waals surface area contributed by atoms with Gasteiger partial charge in [0.05, 0.1) is 6.10 Å². The zero-order valence-electron chi connectivity index (χ0n) is 7.27. The molecule has 2 unspecified atom stereocenters. The van der Waals surface area contributed by atoms with Crippen LogP contribution in [0.2, 0.25) is 0 Å². The normalized spacial score (nSPS) is 36.1. The average Bonchev–Trinajstić information content (AvgIpc) is 2.00. The molecule has 0 aliphatic heterocycles. The van der Waals surface area contributed by atoms with Gasteiger partial charge in [0.15, 0.2) is 5.67 Å². The van der Waals surface area contributed by atoms with Crippen LogP contribution in [-0.4, -0.2) is 11.8 Å². The van der Waals surface area contributed by atoms with E-state index in [1.807, 2.05) is 0 Å². The van der Waals surface area contributed by atoms with Crippen molar-refractivity contribution in [3.8, 4) is 11.8 Å². The van der Waals surface area contributed by atoms with Crippen LogP contribution in [0.3, 0.4) is 0 Å². The standard InChI is InChI=1S/C10H13FO/c1-10(11)7-4-3-5-9(12-2)6-8-10/h2,9H,3,5-6,8H2,1H3. The van der Waals surface area contributed by atoms with Crippen molar-refractivity contribution in [2.24, 2.45) is 0 Å². The lowest BCUT2D eigenvalue weighted by Crippen LogP contribution is -2.21. The maximum Gasteiger partial charge on any atom is 0.168 e. The summed E-state index contributed by atoms with van der Waals surface area (Å²) in [7, 11) is 5.04. The van der Waals surface area contributed by atoms with Crippen molar-refractivity contribution in [1.82, 2.24) is 0 Å². The highest BCUT2D eigenvalue weighted by Crippen LogP contribution is 2.22. The third-order valence-electron chi connectivity index (χ3n) is 2.07. The molecule has 0 heterocycles. The fourth-order valence-electron chi connectivity index (χ4n) is 1.25. The molecule has 0 fully saturated rings. The zero-order chi connectivity index (χ0) is 9.03. The smallest absolute Gasteiger partial charge is 0.168 e. The molecule has 0 amide bonds. The Morgan fingerprint density at radius 1 is 1.58 bits per heavy atom. The van der Waals surface area contributed by atoms with Gasteiger partial charge in [-0.2, -0.15) is 0 Å². The van der Waals surface area contributed by atoms with E-state index in [0.29, 0.717) is 19.3 Å². The van der Waals surface area contributed by atoms with Crippen LogP contribution < -0.4 is 0 Å². The average molecular weight is 168 g/mol. The Bertz CT molecular complexity index is 200. The summed E-state index contributed by atoms with van der Waals surface area (Å²) < 4.78 is 18.0. The monoisotopic (exact) mass is 168 g/mol. The quantitative estimate of drug-likeness (QED) is 0.546. The van der Waals surface area contributed by atoms with E-state index in [0.717, 1.165) is 6.42 Å². The zero-order valence-corrected chi connectivity index (χ0v) is 7.27. The first-order chi connectivity index (χ1) is 5.64. The summed E-state index contributed by atoms with van der Waals surface area (Å²) in [5, 5.41) is 0. The van der Waals surface area contributed by atoms with Crippen molar-refractivity contribution in [2.75, 3.05) is 0 Å². The Balaban J connectivity index is 2.56. The molecule has 0 aromatic carbocycles. The molecule has 66 valence electrons. The lowest BCUT2D eigenvalue weighted by molar-refractivity contribution is 0.102. The van der Waals surface area contributed by atoms with Gasteiger partial charge in [-0.25, -0.2) is 4.39 Å². The highest BCUT2D eigenvalue weighted by molar-refractivity contribution is 5.13. The number of halogens is 1. The van der Waals surface area contributed by atoms with E-state index in [1.54, 1.807) is 0 Å². The minimum atomic E-state index is -1.36. The van der Waals surface area contributed by atoms with E-state index in [1.165, 1.54) is 6.92 Å². The van der Waals surface area contributed by atoms with Crippen LogP contribution in [0.5, 0.6) is 0 Å². The van der Waals surface area contributed by atoms with Gasteiger partial charge >= 0.3 is 0 Å². The number of hydrogen-bond acceptors (Lipinski definition) is 1. The molecule has 2 heteroatoms. The fraction of sp³-hybridized carbons (Fsp3) is 0.700. The summed E-state index contributed by atoms with van der Waals surface area (Å²) in [6.07, 6.45) is 2.50. The van der Waals surface area contributed by atoms with Crippen LogP contribution in [-0.2, 0) is 4.74 Å². The Hall–Kier alpha value is -0.550. The summed E-state index contributed by atoms with van der Waals surface area (Å²) in [5.74, 6) is 5.37. The topological polar surface area (TPSA) is 9.23 Å². The lowest BCUT2D eigenvalue weighted by Gasteiger charge is -2.20. The van der Waals surface area contributed by atoms with E-state index < -0.39 is 5.67 Å². The molecular formula is C10H13FO. The van der Waals surface area contributed by atoms with Gasteiger partial charge in [0.1, 0.15) is 7.11 Å². The first-order valence-electron chi connectivity index (χ1n) is 4.18. The Kier molecular flexibility index (Phi) is 3.11. The predicted octanol–water partition coefficient (Wildman–Crippen LogP) is 2.35. The molecule has 2 atom stereocenters. The highest BCUT2D eigenvalue weighted by atomic mass is 19.1. The maximum atomic E-state index is 13.4. The largest absolute Gasteiger partial charge is 0.369 e. The summed E-state index contributed by atoms with van der Waals surface area (Å²) >= 11 is 0. The fourth-order valence-corrected chi connectivity index (χ4v) is 1.25. The minimum Gasteiger partial charge on any atom is -0.369 e. The lowest BCUT2D eigenvalue weighted by atomic mass is 9.96. The molecule has 1 aliphatic rings. The Labute approximate surface area is 73.3 Å². The summed E-state index contributed by atoms with van der Waals surface area (Å²) in [4.78, 5) is 0. The van der Waals surface area contributed by atoms with Crippen molar-refractivity contribution >= 4 is 0 Å². The third kappa shape index (κ3) is 2.83. The Morgan fingerprint density at radius 2 is 2.33 bits per heavy atom. The third-order valence-corrected chi connectivity index (χ3v) is 2.07. The molecular weight excluding hydrogens is 155 g/mol. The van der Waals surface area contributed by atoms with Crippen molar-refractivity contribution in [3.63, 3.8) is 0 Å². The molecule has 1 rings (SSSR count). The van der Waals surface area contributed by atoms with E-state index >= 15 is 0 Å². The second-order valence-corrected chi connectivity index (χ2v) is 3.33. The van der Waals surface area contributed by atoms with E-state index in [2.05, 4.69) is 16.6 Å². The van der Waals surface area contributed by atoms with Crippen LogP contribution in [0.15, 0.2) is 0 Å². The SMILES string of the molecule is [CH]OC1CCC#CC(C)(F)CC1. The molecule has 1 nitrogen and oxygen atoms in total. The van der Waals surface area contributed by atoms with Crippen molar-refractivity contribution in [2.45, 2.75) is 44.4 Å². The molecule has 12 heavy (non-hydrogen) atoms. The highest BCUT2D eigenvalue weighted by Gasteiger charge is 2.23. The van der Waals surface area contributed by atoms with Crippen LogP contribution in [0.25, 0.3) is 0 Å². The number of ether oxygens (including phenoxy) is 1. The van der Waals surface area contributed by atoms with Gasteiger partial charge in [-0.05, 0) is 26.2 Å². The van der Waals surface area contributed by atoms with Gasteiger partial charge in [0.25, 0.3) is 0 Å². The summed E-state index contributed by atoms with van der Waals surface area (Å²) in [6, 6.07) is 0. The molecule has 0 saturated heterocycles. The van der Waals surface area contributed by atoms with Crippen molar-refractivity contribution in [3.05, 3.63) is 7.11 Å². The molecule has 0 saturated carbocycles. The molecule has 1 aliphatic carbocycles. The molecule has 0 spiro atoms.